The number of hydrogen-bond donors (Lipinski definition) is 1. The molecule has 7 nitrogen and oxygen atoms in total. The maximum absolute atomic E-state index is 12.7. The van der Waals surface area contributed by atoms with E-state index in [0.717, 1.165) is 24.4 Å². The van der Waals surface area contributed by atoms with Crippen molar-refractivity contribution in [2.24, 2.45) is 0 Å². The molecule has 1 N–H and O–H groups in total. The molecule has 0 aliphatic heterocycles. The Morgan fingerprint density at radius 3 is 2.39 bits per heavy atom. The molecule has 0 aliphatic carbocycles. The molecule has 0 saturated heterocycles. The van der Waals surface area contributed by atoms with E-state index in [9.17, 15) is 14.4 Å². The van der Waals surface area contributed by atoms with E-state index in [1.807, 2.05) is 38.1 Å². The van der Waals surface area contributed by atoms with E-state index in [1.54, 1.807) is 6.07 Å². The van der Waals surface area contributed by atoms with Gasteiger partial charge in [-0.15, -0.1) is 0 Å². The lowest BCUT2D eigenvalue weighted by molar-refractivity contribution is -0.115. The molecule has 2 aromatic carbocycles. The standard InChI is InChI=1S/C26H25N3O4/c1-18-16-23(19(2)29(18)15-13-20-6-4-3-5-7-20)24(30)17-33-26(32)21-8-10-22(11-9-21)28-25(31)12-14-27/h3-11,16H,12-13,15,17H2,1-2H3,(H,28,31). The molecule has 0 saturated carbocycles. The number of aryl methyl sites for hydroxylation is 2. The monoisotopic (exact) mass is 443 g/mol. The van der Waals surface area contributed by atoms with Crippen molar-refractivity contribution in [3.8, 4) is 6.07 Å². The number of esters is 1. The highest BCUT2D eigenvalue weighted by Crippen LogP contribution is 2.18. The fraction of sp³-hybridized carbons (Fsp3) is 0.231. The van der Waals surface area contributed by atoms with Crippen LogP contribution in [-0.2, 0) is 22.5 Å². The lowest BCUT2D eigenvalue weighted by Crippen LogP contribution is -2.15. The second-order valence-electron chi connectivity index (χ2n) is 7.63. The summed E-state index contributed by atoms with van der Waals surface area (Å²) in [7, 11) is 0. The zero-order valence-electron chi connectivity index (χ0n) is 18.6. The van der Waals surface area contributed by atoms with Gasteiger partial charge in [-0.1, -0.05) is 30.3 Å². The third-order valence-electron chi connectivity index (χ3n) is 5.32. The first-order chi connectivity index (χ1) is 15.9. The van der Waals surface area contributed by atoms with Crippen molar-refractivity contribution >= 4 is 23.3 Å². The Morgan fingerprint density at radius 1 is 1.03 bits per heavy atom. The van der Waals surface area contributed by atoms with Gasteiger partial charge in [0.25, 0.3) is 0 Å². The van der Waals surface area contributed by atoms with Crippen LogP contribution >= 0.6 is 0 Å². The first-order valence-electron chi connectivity index (χ1n) is 10.6. The number of ketones is 1. The summed E-state index contributed by atoms with van der Waals surface area (Å²) in [4.78, 5) is 36.5. The number of rotatable bonds is 9. The van der Waals surface area contributed by atoms with E-state index < -0.39 is 11.9 Å². The number of carbonyl (C=O) groups is 3. The minimum absolute atomic E-state index is 0.251. The van der Waals surface area contributed by atoms with Gasteiger partial charge in [0, 0.05) is 29.2 Å². The zero-order chi connectivity index (χ0) is 23.8. The van der Waals surface area contributed by atoms with Gasteiger partial charge >= 0.3 is 5.97 Å². The predicted octanol–water partition coefficient (Wildman–Crippen LogP) is 4.24. The first kappa shape index (κ1) is 23.5. The third kappa shape index (κ3) is 6.17. The van der Waals surface area contributed by atoms with Crippen molar-refractivity contribution in [1.29, 1.82) is 5.26 Å². The second-order valence-corrected chi connectivity index (χ2v) is 7.63. The molecule has 0 unspecified atom stereocenters. The van der Waals surface area contributed by atoms with E-state index in [-0.39, 0.29) is 24.4 Å². The fourth-order valence-corrected chi connectivity index (χ4v) is 3.57. The van der Waals surface area contributed by atoms with Gasteiger partial charge in [-0.25, -0.2) is 4.79 Å². The van der Waals surface area contributed by atoms with E-state index in [0.29, 0.717) is 11.3 Å². The molecule has 0 bridgehead atoms. The maximum atomic E-state index is 12.7. The highest BCUT2D eigenvalue weighted by Gasteiger charge is 2.18. The van der Waals surface area contributed by atoms with Crippen LogP contribution in [0.15, 0.2) is 60.7 Å². The van der Waals surface area contributed by atoms with Crippen molar-refractivity contribution in [3.05, 3.63) is 88.7 Å². The second kappa shape index (κ2) is 10.9. The molecular weight excluding hydrogens is 418 g/mol. The zero-order valence-corrected chi connectivity index (χ0v) is 18.6. The van der Waals surface area contributed by atoms with Crippen molar-refractivity contribution < 1.29 is 19.1 Å². The minimum atomic E-state index is -0.629. The average molecular weight is 444 g/mol. The van der Waals surface area contributed by atoms with Crippen LogP contribution < -0.4 is 5.32 Å². The summed E-state index contributed by atoms with van der Waals surface area (Å²) < 4.78 is 7.31. The van der Waals surface area contributed by atoms with Crippen LogP contribution in [-0.4, -0.2) is 28.8 Å². The molecular formula is C26H25N3O4. The van der Waals surface area contributed by atoms with Gasteiger partial charge in [0.2, 0.25) is 11.7 Å². The molecule has 0 spiro atoms. The highest BCUT2D eigenvalue weighted by atomic mass is 16.5. The number of nitrogens with one attached hydrogen (secondary N) is 1. The topological polar surface area (TPSA) is 101 Å². The molecule has 0 fully saturated rings. The van der Waals surface area contributed by atoms with E-state index in [1.165, 1.54) is 29.8 Å². The van der Waals surface area contributed by atoms with Crippen LogP contribution in [0.25, 0.3) is 0 Å². The van der Waals surface area contributed by atoms with Gasteiger partial charge in [-0.3, -0.25) is 9.59 Å². The molecule has 7 heteroatoms. The minimum Gasteiger partial charge on any atom is -0.454 e. The van der Waals surface area contributed by atoms with Gasteiger partial charge in [0.15, 0.2) is 6.61 Å². The Bertz CT molecular complexity index is 1190. The molecule has 168 valence electrons. The van der Waals surface area contributed by atoms with Crippen LogP contribution in [0, 0.1) is 25.2 Å². The van der Waals surface area contributed by atoms with Crippen molar-refractivity contribution in [2.75, 3.05) is 11.9 Å². The Balaban J connectivity index is 1.57. The number of anilines is 1. The Kier molecular flexibility index (Phi) is 7.77. The Labute approximate surface area is 192 Å². The summed E-state index contributed by atoms with van der Waals surface area (Å²) in [5.74, 6) is -1.32. The normalized spacial score (nSPS) is 10.3. The number of carbonyl (C=O) groups excluding carboxylic acids is 3. The molecule has 33 heavy (non-hydrogen) atoms. The number of nitrogens with zero attached hydrogens (tertiary/aromatic N) is 2. The van der Waals surface area contributed by atoms with E-state index >= 15 is 0 Å². The largest absolute Gasteiger partial charge is 0.454 e. The molecule has 1 heterocycles. The number of hydrogen-bond acceptors (Lipinski definition) is 5. The number of aromatic nitrogens is 1. The summed E-state index contributed by atoms with van der Waals surface area (Å²) in [5, 5.41) is 11.1. The summed E-state index contributed by atoms with van der Waals surface area (Å²) in [5.41, 5.74) is 4.32. The lowest BCUT2D eigenvalue weighted by atomic mass is 10.1. The SMILES string of the molecule is Cc1cc(C(=O)COC(=O)c2ccc(NC(=O)CC#N)cc2)c(C)n1CCc1ccccc1. The average Bonchev–Trinajstić information content (AvgIpc) is 3.10. The van der Waals surface area contributed by atoms with E-state index in [4.69, 9.17) is 10.00 Å². The van der Waals surface area contributed by atoms with Crippen molar-refractivity contribution in [2.45, 2.75) is 33.2 Å². The third-order valence-corrected chi connectivity index (χ3v) is 5.32. The number of benzene rings is 2. The van der Waals surface area contributed by atoms with Crippen molar-refractivity contribution in [1.82, 2.24) is 4.57 Å². The number of nitriles is 1. The van der Waals surface area contributed by atoms with Gasteiger partial charge in [-0.2, -0.15) is 5.26 Å². The van der Waals surface area contributed by atoms with Crippen LogP contribution in [0.1, 0.15) is 44.1 Å². The fourth-order valence-electron chi connectivity index (χ4n) is 3.57. The van der Waals surface area contributed by atoms with Gasteiger partial charge in [-0.05, 0) is 56.2 Å². The Morgan fingerprint density at radius 2 is 1.73 bits per heavy atom. The lowest BCUT2D eigenvalue weighted by Gasteiger charge is -2.10. The maximum Gasteiger partial charge on any atom is 0.338 e. The first-order valence-corrected chi connectivity index (χ1v) is 10.6. The van der Waals surface area contributed by atoms with Crippen LogP contribution in [0.4, 0.5) is 5.69 Å². The number of ether oxygens (including phenoxy) is 1. The molecule has 3 aromatic rings. The van der Waals surface area contributed by atoms with Gasteiger partial charge in [0.05, 0.1) is 11.6 Å². The molecule has 1 aromatic heterocycles. The number of Topliss-reactive ketones (excluding diaryl/α,β-unsaturated/α-hetero) is 1. The molecule has 3 rings (SSSR count). The quantitative estimate of drug-likeness (QED) is 0.394. The van der Waals surface area contributed by atoms with Gasteiger partial charge < -0.3 is 14.6 Å². The predicted molar refractivity (Wildman–Crippen MR) is 124 cm³/mol. The summed E-state index contributed by atoms with van der Waals surface area (Å²) in [6.07, 6.45) is 0.603. The highest BCUT2D eigenvalue weighted by molar-refractivity contribution is 6.00. The van der Waals surface area contributed by atoms with Crippen molar-refractivity contribution in [3.63, 3.8) is 0 Å². The molecule has 0 atom stereocenters. The van der Waals surface area contributed by atoms with Gasteiger partial charge in [0.1, 0.15) is 6.42 Å². The number of amides is 1. The molecule has 0 aliphatic rings. The summed E-state index contributed by atoms with van der Waals surface area (Å²) >= 11 is 0. The summed E-state index contributed by atoms with van der Waals surface area (Å²) in [6.45, 7) is 4.25. The smallest absolute Gasteiger partial charge is 0.338 e. The van der Waals surface area contributed by atoms with Crippen LogP contribution in [0.2, 0.25) is 0 Å². The molecule has 0 radical (unpaired) electrons. The molecule has 1 amide bonds. The summed E-state index contributed by atoms with van der Waals surface area (Å²) in [6, 6.07) is 19.8. The van der Waals surface area contributed by atoms with E-state index in [2.05, 4.69) is 22.0 Å². The van der Waals surface area contributed by atoms with Crippen LogP contribution in [0.3, 0.4) is 0 Å². The Hall–Kier alpha value is -4.18. The van der Waals surface area contributed by atoms with Crippen LogP contribution in [0.5, 0.6) is 0 Å².